The number of benzene rings is 3. The second-order valence-corrected chi connectivity index (χ2v) is 11.0. The molecule has 1 N–H and O–H groups in total. The van der Waals surface area contributed by atoms with Gasteiger partial charge in [-0.15, -0.1) is 0 Å². The maximum Gasteiger partial charge on any atom is 0.313 e. The lowest BCUT2D eigenvalue weighted by atomic mass is 10.1. The fourth-order valence-corrected chi connectivity index (χ4v) is 5.16. The van der Waals surface area contributed by atoms with Gasteiger partial charge in [0, 0.05) is 59.5 Å². The molecule has 38 heavy (non-hydrogen) atoms. The highest BCUT2D eigenvalue weighted by molar-refractivity contribution is 9.10. The van der Waals surface area contributed by atoms with E-state index in [-0.39, 0.29) is 18.2 Å². The zero-order valence-corrected chi connectivity index (χ0v) is 23.4. The van der Waals surface area contributed by atoms with Crippen LogP contribution in [0.15, 0.2) is 65.1 Å². The molecule has 7 nitrogen and oxygen atoms in total. The number of hydrogen-bond acceptors (Lipinski definition) is 5. The lowest BCUT2D eigenvalue weighted by Crippen LogP contribution is -2.38. The molecule has 0 spiro atoms. The number of ether oxygens (including phenoxy) is 1. The zero-order chi connectivity index (χ0) is 27.2. The molecule has 198 valence electrons. The van der Waals surface area contributed by atoms with E-state index in [0.29, 0.717) is 40.1 Å². The summed E-state index contributed by atoms with van der Waals surface area (Å²) < 4.78 is 20.6. The average Bonchev–Trinajstić information content (AvgIpc) is 2.92. The van der Waals surface area contributed by atoms with Gasteiger partial charge in [0.15, 0.2) is 11.6 Å². The number of nitrogens with zero attached hydrogens (tertiary/aromatic N) is 2. The Morgan fingerprint density at radius 1 is 1.05 bits per heavy atom. The monoisotopic (exact) mass is 599 g/mol. The van der Waals surface area contributed by atoms with Crippen LogP contribution in [-0.2, 0) is 16.1 Å². The van der Waals surface area contributed by atoms with Gasteiger partial charge in [0.2, 0.25) is 0 Å². The molecule has 10 heteroatoms. The number of halogens is 2. The number of aryl methyl sites for hydroxylation is 1. The number of para-hydroxylation sites is 1. The van der Waals surface area contributed by atoms with Gasteiger partial charge in [0.25, 0.3) is 5.91 Å². The SMILES string of the molecule is Cc1ccc(C(=O)N2CCSCC2)cc1NC(=O)C(=O)N(C)Cc1ccccc1Oc1ccc(Br)cc1F. The summed E-state index contributed by atoms with van der Waals surface area (Å²) in [5.74, 6) is -0.0164. The van der Waals surface area contributed by atoms with Gasteiger partial charge in [-0.25, -0.2) is 4.39 Å². The molecule has 4 rings (SSSR count). The van der Waals surface area contributed by atoms with E-state index >= 15 is 0 Å². The largest absolute Gasteiger partial charge is 0.454 e. The van der Waals surface area contributed by atoms with E-state index in [1.54, 1.807) is 60.4 Å². The summed E-state index contributed by atoms with van der Waals surface area (Å²) in [7, 11) is 1.50. The van der Waals surface area contributed by atoms with E-state index in [1.165, 1.54) is 24.1 Å². The molecule has 1 aliphatic rings. The molecule has 0 radical (unpaired) electrons. The maximum atomic E-state index is 14.3. The lowest BCUT2D eigenvalue weighted by Gasteiger charge is -2.26. The van der Waals surface area contributed by atoms with E-state index in [0.717, 1.165) is 17.1 Å². The first-order valence-corrected chi connectivity index (χ1v) is 13.9. The highest BCUT2D eigenvalue weighted by atomic mass is 79.9. The van der Waals surface area contributed by atoms with E-state index in [1.807, 2.05) is 11.8 Å². The standard InChI is InChI=1S/C28H27BrFN3O4S/c1-18-7-8-19(27(35)33-11-13-38-14-12-33)15-23(18)31-26(34)28(36)32(2)17-20-5-3-4-6-24(20)37-25-10-9-21(29)16-22(25)30/h3-10,15-16H,11-14,17H2,1-2H3,(H,31,34). The number of likely N-dealkylation sites (N-methyl/N-ethyl adjacent to an activating group) is 1. The molecule has 1 aliphatic heterocycles. The topological polar surface area (TPSA) is 79.0 Å². The number of rotatable bonds is 6. The molecule has 0 aliphatic carbocycles. The Labute approximate surface area is 233 Å². The summed E-state index contributed by atoms with van der Waals surface area (Å²) in [5.41, 5.74) is 2.20. The van der Waals surface area contributed by atoms with Crippen LogP contribution in [0.2, 0.25) is 0 Å². The quantitative estimate of drug-likeness (QED) is 0.380. The van der Waals surface area contributed by atoms with Crippen molar-refractivity contribution in [3.63, 3.8) is 0 Å². The van der Waals surface area contributed by atoms with Crippen molar-refractivity contribution < 1.29 is 23.5 Å². The van der Waals surface area contributed by atoms with E-state index in [2.05, 4.69) is 21.2 Å². The molecule has 1 heterocycles. The molecular weight excluding hydrogens is 573 g/mol. The minimum Gasteiger partial charge on any atom is -0.454 e. The third kappa shape index (κ3) is 6.73. The summed E-state index contributed by atoms with van der Waals surface area (Å²) in [5, 5.41) is 2.65. The van der Waals surface area contributed by atoms with Crippen LogP contribution in [-0.4, -0.2) is 59.2 Å². The fourth-order valence-electron chi connectivity index (χ4n) is 3.93. The Morgan fingerprint density at radius 2 is 1.79 bits per heavy atom. The van der Waals surface area contributed by atoms with Gasteiger partial charge in [-0.05, 0) is 48.9 Å². The number of thioether (sulfide) groups is 1. The van der Waals surface area contributed by atoms with Gasteiger partial charge < -0.3 is 19.9 Å². The van der Waals surface area contributed by atoms with Crippen molar-refractivity contribution in [1.29, 1.82) is 0 Å². The third-order valence-electron chi connectivity index (χ3n) is 6.07. The number of nitrogens with one attached hydrogen (secondary N) is 1. The fraction of sp³-hybridized carbons (Fsp3) is 0.250. The van der Waals surface area contributed by atoms with Crippen molar-refractivity contribution in [3.05, 3.63) is 87.6 Å². The molecule has 0 bridgehead atoms. The minimum atomic E-state index is -0.827. The number of hydrogen-bond donors (Lipinski definition) is 1. The molecule has 0 saturated carbocycles. The lowest BCUT2D eigenvalue weighted by molar-refractivity contribution is -0.142. The van der Waals surface area contributed by atoms with Crippen LogP contribution in [0.4, 0.5) is 10.1 Å². The summed E-state index contributed by atoms with van der Waals surface area (Å²) in [6, 6.07) is 16.5. The van der Waals surface area contributed by atoms with Crippen LogP contribution < -0.4 is 10.1 Å². The first-order chi connectivity index (χ1) is 18.2. The van der Waals surface area contributed by atoms with Gasteiger partial charge in [-0.3, -0.25) is 14.4 Å². The first-order valence-electron chi connectivity index (χ1n) is 12.0. The normalized spacial score (nSPS) is 13.1. The molecule has 3 amide bonds. The maximum absolute atomic E-state index is 14.3. The van der Waals surface area contributed by atoms with Crippen molar-refractivity contribution in [2.24, 2.45) is 0 Å². The summed E-state index contributed by atoms with van der Waals surface area (Å²) in [6.45, 7) is 3.22. The Balaban J connectivity index is 1.43. The molecule has 0 aromatic heterocycles. The van der Waals surface area contributed by atoms with E-state index in [9.17, 15) is 18.8 Å². The van der Waals surface area contributed by atoms with E-state index < -0.39 is 17.6 Å². The Morgan fingerprint density at radius 3 is 2.53 bits per heavy atom. The number of carbonyl (C=O) groups is 3. The molecule has 3 aromatic carbocycles. The number of carbonyl (C=O) groups excluding carboxylic acids is 3. The van der Waals surface area contributed by atoms with Crippen molar-refractivity contribution in [3.8, 4) is 11.5 Å². The summed E-state index contributed by atoms with van der Waals surface area (Å²) in [6.07, 6.45) is 0. The predicted octanol–water partition coefficient (Wildman–Crippen LogP) is 5.48. The molecule has 1 saturated heterocycles. The van der Waals surface area contributed by atoms with Gasteiger partial charge >= 0.3 is 11.8 Å². The predicted molar refractivity (Wildman–Crippen MR) is 150 cm³/mol. The van der Waals surface area contributed by atoms with Gasteiger partial charge in [-0.1, -0.05) is 40.2 Å². The molecule has 1 fully saturated rings. The molecular formula is C28H27BrFN3O4S. The number of amides is 3. The van der Waals surface area contributed by atoms with Gasteiger partial charge in [0.1, 0.15) is 5.75 Å². The smallest absolute Gasteiger partial charge is 0.313 e. The number of anilines is 1. The highest BCUT2D eigenvalue weighted by Gasteiger charge is 2.23. The molecule has 3 aromatic rings. The van der Waals surface area contributed by atoms with Crippen LogP contribution in [0.3, 0.4) is 0 Å². The van der Waals surface area contributed by atoms with Crippen LogP contribution in [0, 0.1) is 12.7 Å². The van der Waals surface area contributed by atoms with Crippen molar-refractivity contribution in [2.45, 2.75) is 13.5 Å². The van der Waals surface area contributed by atoms with Crippen LogP contribution in [0.1, 0.15) is 21.5 Å². The molecule has 0 unspecified atom stereocenters. The van der Waals surface area contributed by atoms with Crippen LogP contribution in [0.25, 0.3) is 0 Å². The zero-order valence-electron chi connectivity index (χ0n) is 21.0. The summed E-state index contributed by atoms with van der Waals surface area (Å²) in [4.78, 5) is 41.7. The summed E-state index contributed by atoms with van der Waals surface area (Å²) >= 11 is 5.03. The van der Waals surface area contributed by atoms with Crippen LogP contribution in [0.5, 0.6) is 11.5 Å². The van der Waals surface area contributed by atoms with Gasteiger partial charge in [-0.2, -0.15) is 11.8 Å². The minimum absolute atomic E-state index is 0.0422. The Kier molecular flexibility index (Phi) is 9.06. The van der Waals surface area contributed by atoms with E-state index in [4.69, 9.17) is 4.74 Å². The van der Waals surface area contributed by atoms with Crippen molar-refractivity contribution in [2.75, 3.05) is 37.0 Å². The molecule has 0 atom stereocenters. The van der Waals surface area contributed by atoms with Crippen molar-refractivity contribution in [1.82, 2.24) is 9.80 Å². The highest BCUT2D eigenvalue weighted by Crippen LogP contribution is 2.30. The van der Waals surface area contributed by atoms with Crippen molar-refractivity contribution >= 4 is 51.1 Å². The second-order valence-electron chi connectivity index (χ2n) is 8.83. The first kappa shape index (κ1) is 27.7. The third-order valence-corrected chi connectivity index (χ3v) is 7.50. The Hall–Kier alpha value is -3.37. The average molecular weight is 601 g/mol. The Bertz CT molecular complexity index is 1360. The van der Waals surface area contributed by atoms with Crippen LogP contribution >= 0.6 is 27.7 Å². The second kappa shape index (κ2) is 12.4. The van der Waals surface area contributed by atoms with Gasteiger partial charge in [0.05, 0.1) is 0 Å².